The molecule has 0 aliphatic carbocycles. The molecule has 0 saturated heterocycles. The highest BCUT2D eigenvalue weighted by Gasteiger charge is 2.28. The van der Waals surface area contributed by atoms with E-state index in [0.717, 1.165) is 16.1 Å². The van der Waals surface area contributed by atoms with Crippen molar-refractivity contribution < 1.29 is 4.79 Å². The van der Waals surface area contributed by atoms with Gasteiger partial charge >= 0.3 is 0 Å². The lowest BCUT2D eigenvalue weighted by molar-refractivity contribution is -0.125. The summed E-state index contributed by atoms with van der Waals surface area (Å²) >= 11 is 9.62. The van der Waals surface area contributed by atoms with Gasteiger partial charge in [0.15, 0.2) is 5.78 Å². The molecule has 0 bridgehead atoms. The number of aryl methyl sites for hydroxylation is 1. The first-order valence-corrected chi connectivity index (χ1v) is 6.94. The van der Waals surface area contributed by atoms with Crippen LogP contribution in [0.3, 0.4) is 0 Å². The van der Waals surface area contributed by atoms with E-state index in [9.17, 15) is 4.79 Å². The Labute approximate surface area is 117 Å². The third-order valence-corrected chi connectivity index (χ3v) is 3.72. The predicted octanol–water partition coefficient (Wildman–Crippen LogP) is 4.57. The number of benzene rings is 1. The third kappa shape index (κ3) is 4.11. The maximum absolute atomic E-state index is 12.1. The van der Waals surface area contributed by atoms with Crippen molar-refractivity contribution >= 4 is 33.3 Å². The van der Waals surface area contributed by atoms with Gasteiger partial charge in [-0.15, -0.1) is 0 Å². The fourth-order valence-electron chi connectivity index (χ4n) is 1.57. The Balaban J connectivity index is 2.81. The average molecular weight is 318 g/mol. The Morgan fingerprint density at radius 1 is 1.41 bits per heavy atom. The first kappa shape index (κ1) is 14.7. The standard InChI is InChI=1S/C14H18BrClO/c1-9-5-6-10(12(16)7-9)8-11(15)13(17)14(2,3)4/h5-7,11H,8H2,1-4H3. The van der Waals surface area contributed by atoms with Crippen LogP contribution in [0.25, 0.3) is 0 Å². The smallest absolute Gasteiger partial charge is 0.152 e. The number of Topliss-reactive ketones (excluding diaryl/α,β-unsaturated/α-hetero) is 1. The van der Waals surface area contributed by atoms with Crippen molar-refractivity contribution in [2.75, 3.05) is 0 Å². The van der Waals surface area contributed by atoms with Gasteiger partial charge in [0.2, 0.25) is 0 Å². The second-order valence-corrected chi connectivity index (χ2v) is 6.89. The predicted molar refractivity (Wildman–Crippen MR) is 77.1 cm³/mol. The molecule has 0 radical (unpaired) electrons. The van der Waals surface area contributed by atoms with Crippen molar-refractivity contribution in [2.24, 2.45) is 5.41 Å². The first-order chi connectivity index (χ1) is 7.71. The molecule has 0 saturated carbocycles. The molecule has 94 valence electrons. The second kappa shape index (κ2) is 5.53. The molecule has 1 aromatic rings. The van der Waals surface area contributed by atoms with Crippen LogP contribution >= 0.6 is 27.5 Å². The largest absolute Gasteiger partial charge is 0.298 e. The second-order valence-electron chi connectivity index (χ2n) is 5.38. The number of hydrogen-bond acceptors (Lipinski definition) is 1. The monoisotopic (exact) mass is 316 g/mol. The average Bonchev–Trinajstić information content (AvgIpc) is 2.19. The summed E-state index contributed by atoms with van der Waals surface area (Å²) in [5.74, 6) is 0.203. The van der Waals surface area contributed by atoms with Crippen LogP contribution in [0.1, 0.15) is 31.9 Å². The van der Waals surface area contributed by atoms with Crippen LogP contribution in [0.2, 0.25) is 5.02 Å². The van der Waals surface area contributed by atoms with Crippen LogP contribution in [0, 0.1) is 12.3 Å². The summed E-state index contributed by atoms with van der Waals surface area (Å²) in [5, 5.41) is 0.733. The van der Waals surface area contributed by atoms with Crippen molar-refractivity contribution in [1.29, 1.82) is 0 Å². The minimum absolute atomic E-state index is 0.178. The van der Waals surface area contributed by atoms with E-state index in [1.165, 1.54) is 0 Å². The fraction of sp³-hybridized carbons (Fsp3) is 0.500. The maximum Gasteiger partial charge on any atom is 0.152 e. The molecule has 17 heavy (non-hydrogen) atoms. The Morgan fingerprint density at radius 2 is 2.00 bits per heavy atom. The van der Waals surface area contributed by atoms with Crippen molar-refractivity contribution in [3.8, 4) is 0 Å². The van der Waals surface area contributed by atoms with E-state index < -0.39 is 0 Å². The molecular weight excluding hydrogens is 300 g/mol. The van der Waals surface area contributed by atoms with Gasteiger partial charge in [0.05, 0.1) is 4.83 Å². The number of carbonyl (C=O) groups is 1. The summed E-state index contributed by atoms with van der Waals surface area (Å²) in [7, 11) is 0. The Hall–Kier alpha value is -0.340. The SMILES string of the molecule is Cc1ccc(CC(Br)C(=O)C(C)(C)C)c(Cl)c1. The Bertz CT molecular complexity index is 421. The highest BCUT2D eigenvalue weighted by atomic mass is 79.9. The maximum atomic E-state index is 12.1. The van der Waals surface area contributed by atoms with E-state index in [2.05, 4.69) is 15.9 Å². The van der Waals surface area contributed by atoms with Crippen molar-refractivity contribution in [3.05, 3.63) is 34.3 Å². The first-order valence-electron chi connectivity index (χ1n) is 5.65. The summed E-state index contributed by atoms with van der Waals surface area (Å²) in [6, 6.07) is 5.93. The van der Waals surface area contributed by atoms with Gasteiger partial charge in [-0.1, -0.05) is 60.4 Å². The van der Waals surface area contributed by atoms with Gasteiger partial charge in [-0.25, -0.2) is 0 Å². The molecule has 1 rings (SSSR count). The molecule has 0 heterocycles. The molecule has 0 aliphatic heterocycles. The molecule has 0 spiro atoms. The number of alkyl halides is 1. The minimum atomic E-state index is -0.328. The van der Waals surface area contributed by atoms with Gasteiger partial charge in [0.25, 0.3) is 0 Å². The summed E-state index contributed by atoms with van der Waals surface area (Å²) < 4.78 is 0. The highest BCUT2D eigenvalue weighted by molar-refractivity contribution is 9.10. The zero-order valence-electron chi connectivity index (χ0n) is 10.7. The fourth-order valence-corrected chi connectivity index (χ4v) is 2.92. The van der Waals surface area contributed by atoms with Crippen molar-refractivity contribution in [2.45, 2.75) is 38.9 Å². The van der Waals surface area contributed by atoms with E-state index in [4.69, 9.17) is 11.6 Å². The lowest BCUT2D eigenvalue weighted by Crippen LogP contribution is -2.30. The number of rotatable bonds is 3. The van der Waals surface area contributed by atoms with Crippen molar-refractivity contribution in [3.63, 3.8) is 0 Å². The molecule has 3 heteroatoms. The lowest BCUT2D eigenvalue weighted by atomic mass is 9.87. The molecule has 0 N–H and O–H groups in total. The molecule has 1 nitrogen and oxygen atoms in total. The minimum Gasteiger partial charge on any atom is -0.298 e. The lowest BCUT2D eigenvalue weighted by Gasteiger charge is -2.21. The summed E-state index contributed by atoms with van der Waals surface area (Å²) in [6.45, 7) is 7.79. The zero-order valence-corrected chi connectivity index (χ0v) is 13.0. The van der Waals surface area contributed by atoms with Crippen LogP contribution in [0.5, 0.6) is 0 Å². The molecule has 1 atom stereocenters. The molecular formula is C14H18BrClO. The van der Waals surface area contributed by atoms with Gasteiger partial charge < -0.3 is 0 Å². The third-order valence-electron chi connectivity index (χ3n) is 2.63. The summed E-state index contributed by atoms with van der Waals surface area (Å²) in [4.78, 5) is 11.9. The highest BCUT2D eigenvalue weighted by Crippen LogP contribution is 2.26. The number of halogens is 2. The van der Waals surface area contributed by atoms with Gasteiger partial charge in [-0.2, -0.15) is 0 Å². The molecule has 1 unspecified atom stereocenters. The van der Waals surface area contributed by atoms with Crippen LogP contribution in [0.4, 0.5) is 0 Å². The summed E-state index contributed by atoms with van der Waals surface area (Å²) in [6.07, 6.45) is 0.634. The molecule has 0 aromatic heterocycles. The quantitative estimate of drug-likeness (QED) is 0.746. The number of ketones is 1. The van der Waals surface area contributed by atoms with Gasteiger partial charge in [-0.3, -0.25) is 4.79 Å². The molecule has 0 fully saturated rings. The zero-order chi connectivity index (χ0) is 13.2. The van der Waals surface area contributed by atoms with Gasteiger partial charge in [-0.05, 0) is 30.5 Å². The van der Waals surface area contributed by atoms with Crippen LogP contribution in [0.15, 0.2) is 18.2 Å². The van der Waals surface area contributed by atoms with E-state index in [0.29, 0.717) is 6.42 Å². The van der Waals surface area contributed by atoms with Gasteiger partial charge in [0.1, 0.15) is 0 Å². The molecule has 0 amide bonds. The van der Waals surface area contributed by atoms with Crippen LogP contribution in [-0.2, 0) is 11.2 Å². The summed E-state index contributed by atoms with van der Waals surface area (Å²) in [5.41, 5.74) is 1.81. The topological polar surface area (TPSA) is 17.1 Å². The van der Waals surface area contributed by atoms with E-state index in [1.54, 1.807) is 0 Å². The van der Waals surface area contributed by atoms with Crippen LogP contribution in [-0.4, -0.2) is 10.6 Å². The molecule has 1 aromatic carbocycles. The van der Waals surface area contributed by atoms with Crippen LogP contribution < -0.4 is 0 Å². The Kier molecular flexibility index (Phi) is 4.79. The van der Waals surface area contributed by atoms with E-state index in [-0.39, 0.29) is 16.0 Å². The number of hydrogen-bond donors (Lipinski definition) is 0. The molecule has 0 aliphatic rings. The van der Waals surface area contributed by atoms with Gasteiger partial charge in [0, 0.05) is 10.4 Å². The normalized spacial score (nSPS) is 13.5. The van der Waals surface area contributed by atoms with Crippen molar-refractivity contribution in [1.82, 2.24) is 0 Å². The Morgan fingerprint density at radius 3 is 2.47 bits per heavy atom. The van der Waals surface area contributed by atoms with E-state index >= 15 is 0 Å². The number of carbonyl (C=O) groups excluding carboxylic acids is 1. The van der Waals surface area contributed by atoms with E-state index in [1.807, 2.05) is 45.9 Å².